The molecule has 2 aromatic rings. The van der Waals surface area contributed by atoms with Crippen LogP contribution in [0.5, 0.6) is 11.5 Å². The molecule has 0 amide bonds. The van der Waals surface area contributed by atoms with Gasteiger partial charge in [-0.15, -0.1) is 0 Å². The van der Waals surface area contributed by atoms with Crippen LogP contribution in [0.15, 0.2) is 36.1 Å². The van der Waals surface area contributed by atoms with Crippen molar-refractivity contribution in [2.45, 2.75) is 51.1 Å². The third-order valence-corrected chi connectivity index (χ3v) is 13.2. The van der Waals surface area contributed by atoms with Crippen molar-refractivity contribution in [2.24, 2.45) is 11.3 Å². The number of ether oxygens (including phenoxy) is 2. The Morgan fingerprint density at radius 1 is 1.11 bits per heavy atom. The van der Waals surface area contributed by atoms with Gasteiger partial charge in [-0.25, -0.2) is 0 Å². The summed E-state index contributed by atoms with van der Waals surface area (Å²) >= 11 is 10.7. The molecule has 0 aromatic heterocycles. The molecule has 2 saturated heterocycles. The Kier molecular flexibility index (Phi) is 6.48. The molecule has 186 valence electrons. The van der Waals surface area contributed by atoms with E-state index < -0.39 is 31.8 Å². The standard InChI is InChI=1S/C27H27Cl2IO5/c1-13-10-16(33-19-7-6-15(28)12-17(19)29)11-14(2)20(13)22-23(31)25-21(18-8-9-30(18)35-25)24(22)34-26(32)27(3,4)5/h6-7,10-12,18,21,25H,8-9H2,1-5H3/t18?,21-,25-/m0/s1. The fraction of sp³-hybridized carbons (Fsp3) is 0.407. The number of aryl methyl sites for hydroxylation is 2. The first kappa shape index (κ1) is 25.1. The first-order chi connectivity index (χ1) is 16.5. The Morgan fingerprint density at radius 2 is 1.80 bits per heavy atom. The van der Waals surface area contributed by atoms with Crippen LogP contribution in [-0.2, 0) is 17.4 Å². The van der Waals surface area contributed by atoms with Gasteiger partial charge in [0.1, 0.15) is 0 Å². The molecule has 1 aliphatic carbocycles. The van der Waals surface area contributed by atoms with Gasteiger partial charge in [-0.1, -0.05) is 11.6 Å². The van der Waals surface area contributed by atoms with Gasteiger partial charge in [-0.3, -0.25) is 0 Å². The van der Waals surface area contributed by atoms with Crippen LogP contribution in [0, 0.1) is 25.2 Å². The minimum absolute atomic E-state index is 0.0703. The number of Topliss-reactive ketones (excluding diaryl/α,β-unsaturated/α-hetero) is 1. The summed E-state index contributed by atoms with van der Waals surface area (Å²) in [6, 6.07) is 8.79. The topological polar surface area (TPSA) is 61.8 Å². The Balaban J connectivity index is 1.57. The number of esters is 1. The van der Waals surface area contributed by atoms with Gasteiger partial charge in [0, 0.05) is 5.02 Å². The number of halogens is 3. The van der Waals surface area contributed by atoms with Crippen molar-refractivity contribution in [1.29, 1.82) is 0 Å². The van der Waals surface area contributed by atoms with Crippen molar-refractivity contribution in [2.75, 3.05) is 4.43 Å². The number of carbonyl (C=O) groups excluding carboxylic acids is 2. The average molecular weight is 629 g/mol. The van der Waals surface area contributed by atoms with Crippen molar-refractivity contribution in [1.82, 2.24) is 0 Å². The van der Waals surface area contributed by atoms with E-state index in [2.05, 4.69) is 0 Å². The van der Waals surface area contributed by atoms with Gasteiger partial charge >= 0.3 is 207 Å². The molecule has 0 spiro atoms. The van der Waals surface area contributed by atoms with E-state index >= 15 is 0 Å². The van der Waals surface area contributed by atoms with Gasteiger partial charge in [-0.05, 0) is 0 Å². The SMILES string of the molecule is Cc1cc(Oc2ccc(Cl)cc2Cl)cc(C)c1C1=C(OC(=O)C(C)(C)C)[C@@H]2C3CCI3O[C@@H]2C1=O. The summed E-state index contributed by atoms with van der Waals surface area (Å²) in [7, 11) is 0. The summed E-state index contributed by atoms with van der Waals surface area (Å²) in [4.78, 5) is 26.6. The molecule has 0 saturated carbocycles. The maximum absolute atomic E-state index is 13.7. The van der Waals surface area contributed by atoms with Crippen LogP contribution in [0.4, 0.5) is 0 Å². The van der Waals surface area contributed by atoms with E-state index in [9.17, 15) is 9.59 Å². The second-order valence-electron chi connectivity index (χ2n) is 10.2. The number of benzene rings is 2. The van der Waals surface area contributed by atoms with Crippen molar-refractivity contribution in [3.8, 4) is 11.5 Å². The van der Waals surface area contributed by atoms with Crippen molar-refractivity contribution in [3.05, 3.63) is 62.8 Å². The van der Waals surface area contributed by atoms with Crippen LogP contribution in [0.1, 0.15) is 43.9 Å². The van der Waals surface area contributed by atoms with Gasteiger partial charge < -0.3 is 0 Å². The van der Waals surface area contributed by atoms with Crippen LogP contribution < -0.4 is 4.74 Å². The molecule has 3 atom stereocenters. The molecule has 2 aromatic carbocycles. The average Bonchev–Trinajstić information content (AvgIpc) is 3.13. The van der Waals surface area contributed by atoms with E-state index in [1.807, 2.05) is 46.8 Å². The summed E-state index contributed by atoms with van der Waals surface area (Å²) < 4.78 is 19.8. The minimum atomic E-state index is -1.59. The second-order valence-corrected chi connectivity index (χ2v) is 16.3. The Hall–Kier alpha value is -1.61. The number of ketones is 1. The second kappa shape index (κ2) is 9.05. The van der Waals surface area contributed by atoms with E-state index in [4.69, 9.17) is 35.7 Å². The van der Waals surface area contributed by atoms with E-state index in [1.54, 1.807) is 18.2 Å². The summed E-state index contributed by atoms with van der Waals surface area (Å²) in [6.45, 7) is 9.32. The predicted molar refractivity (Wildman–Crippen MR) is 146 cm³/mol. The molecule has 0 radical (unpaired) electrons. The molecule has 0 bridgehead atoms. The first-order valence-electron chi connectivity index (χ1n) is 11.5. The zero-order chi connectivity index (χ0) is 25.2. The summed E-state index contributed by atoms with van der Waals surface area (Å²) in [6.07, 6.45) is 0.517. The fourth-order valence-corrected chi connectivity index (χ4v) is 10.5. The van der Waals surface area contributed by atoms with Crippen molar-refractivity contribution < 1.29 is 22.1 Å². The van der Waals surface area contributed by atoms with Crippen LogP contribution in [0.3, 0.4) is 0 Å². The van der Waals surface area contributed by atoms with Crippen molar-refractivity contribution in [3.63, 3.8) is 0 Å². The van der Waals surface area contributed by atoms with Gasteiger partial charge in [0.15, 0.2) is 0 Å². The van der Waals surface area contributed by atoms with Gasteiger partial charge in [0.25, 0.3) is 0 Å². The fourth-order valence-electron chi connectivity index (χ4n) is 4.75. The van der Waals surface area contributed by atoms with E-state index in [-0.39, 0.29) is 17.7 Å². The van der Waals surface area contributed by atoms with E-state index in [1.165, 1.54) is 0 Å². The van der Waals surface area contributed by atoms with Gasteiger partial charge in [0.2, 0.25) is 0 Å². The Morgan fingerprint density at radius 3 is 2.37 bits per heavy atom. The normalized spacial score (nSPS) is 24.3. The number of alkyl halides is 2. The molecular formula is C27H27Cl2IO5. The Labute approximate surface area is 223 Å². The molecule has 2 heterocycles. The molecule has 5 rings (SSSR count). The molecule has 8 heteroatoms. The molecule has 3 aliphatic rings. The van der Waals surface area contributed by atoms with Crippen LogP contribution >= 0.6 is 43.4 Å². The number of fused-ring (bicyclic) bond motifs is 3. The molecule has 1 unspecified atom stereocenters. The number of hydrogen-bond donors (Lipinski definition) is 0. The van der Waals surface area contributed by atoms with Gasteiger partial charge in [0.05, 0.1) is 0 Å². The zero-order valence-corrected chi connectivity index (χ0v) is 23.9. The third kappa shape index (κ3) is 4.41. The molecule has 35 heavy (non-hydrogen) atoms. The van der Waals surface area contributed by atoms with Crippen LogP contribution in [0.2, 0.25) is 10.0 Å². The number of hydrogen-bond acceptors (Lipinski definition) is 5. The molecule has 0 N–H and O–H groups in total. The van der Waals surface area contributed by atoms with Gasteiger partial charge in [-0.2, -0.15) is 0 Å². The van der Waals surface area contributed by atoms with E-state index in [0.717, 1.165) is 27.5 Å². The predicted octanol–water partition coefficient (Wildman–Crippen LogP) is 7.49. The molecule has 5 nitrogen and oxygen atoms in total. The summed E-state index contributed by atoms with van der Waals surface area (Å²) in [5.74, 6) is 1.03. The summed E-state index contributed by atoms with van der Waals surface area (Å²) in [5.41, 5.74) is 2.27. The number of carbonyl (C=O) groups is 2. The van der Waals surface area contributed by atoms with Crippen LogP contribution in [-0.4, -0.2) is 26.2 Å². The third-order valence-electron chi connectivity index (χ3n) is 6.56. The van der Waals surface area contributed by atoms with E-state index in [0.29, 0.717) is 36.8 Å². The Bertz CT molecular complexity index is 1260. The zero-order valence-electron chi connectivity index (χ0n) is 20.2. The number of rotatable bonds is 4. The molecule has 2 aliphatic heterocycles. The first-order valence-corrected chi connectivity index (χ1v) is 15.9. The van der Waals surface area contributed by atoms with Crippen molar-refractivity contribution >= 4 is 60.8 Å². The summed E-state index contributed by atoms with van der Waals surface area (Å²) in [5, 5.41) is 0.936. The van der Waals surface area contributed by atoms with Crippen LogP contribution in [0.25, 0.3) is 5.57 Å². The quantitative estimate of drug-likeness (QED) is 0.199. The molecular weight excluding hydrogens is 602 g/mol. The monoisotopic (exact) mass is 628 g/mol. The maximum atomic E-state index is 13.7. The molecule has 2 fully saturated rings.